The van der Waals surface area contributed by atoms with Gasteiger partial charge in [-0.3, -0.25) is 0 Å². The molecule has 2 heterocycles. The highest BCUT2D eigenvalue weighted by atomic mass is 19.1. The summed E-state index contributed by atoms with van der Waals surface area (Å²) >= 11 is 0. The summed E-state index contributed by atoms with van der Waals surface area (Å²) in [5.74, 6) is 0.608. The minimum atomic E-state index is -0.306. The maximum Gasteiger partial charge on any atom is 0.227 e. The van der Waals surface area contributed by atoms with Crippen molar-refractivity contribution in [2.45, 2.75) is 20.8 Å². The van der Waals surface area contributed by atoms with Crippen LogP contribution in [0.4, 0.5) is 27.4 Å². The lowest BCUT2D eigenvalue weighted by molar-refractivity contribution is 0.122. The third-order valence-corrected chi connectivity index (χ3v) is 5.75. The molecule has 1 fully saturated rings. The average Bonchev–Trinajstić information content (AvgIpc) is 2.87. The number of benzene rings is 2. The van der Waals surface area contributed by atoms with E-state index in [1.165, 1.54) is 6.07 Å². The zero-order chi connectivity index (χ0) is 25.7. The van der Waals surface area contributed by atoms with Crippen LogP contribution in [0, 0.1) is 11.2 Å². The number of halogens is 1. The Morgan fingerprint density at radius 3 is 2.56 bits per heavy atom. The lowest BCUT2D eigenvalue weighted by atomic mass is 9.96. The predicted octanol–water partition coefficient (Wildman–Crippen LogP) is 5.13. The number of aromatic nitrogens is 2. The van der Waals surface area contributed by atoms with Gasteiger partial charge in [-0.25, -0.2) is 19.4 Å². The summed E-state index contributed by atoms with van der Waals surface area (Å²) in [6, 6.07) is 14.3. The molecule has 0 spiro atoms. The van der Waals surface area contributed by atoms with Crippen LogP contribution in [0.15, 0.2) is 72.6 Å². The number of hydrazone groups is 1. The van der Waals surface area contributed by atoms with Gasteiger partial charge in [-0.1, -0.05) is 27.4 Å². The van der Waals surface area contributed by atoms with Crippen molar-refractivity contribution < 1.29 is 9.13 Å². The first-order valence-corrected chi connectivity index (χ1v) is 11.8. The van der Waals surface area contributed by atoms with Crippen LogP contribution in [0.2, 0.25) is 0 Å². The maximum atomic E-state index is 14.4. The highest BCUT2D eigenvalue weighted by Crippen LogP contribution is 2.27. The van der Waals surface area contributed by atoms with Crippen molar-refractivity contribution >= 4 is 28.8 Å². The van der Waals surface area contributed by atoms with Gasteiger partial charge in [-0.05, 0) is 48.5 Å². The van der Waals surface area contributed by atoms with E-state index in [2.05, 4.69) is 31.9 Å². The molecule has 0 unspecified atom stereocenters. The number of nitrogens with one attached hydrogen (secondary N) is 1. The number of nitrogens with zero attached hydrogens (tertiary/aromatic N) is 5. The van der Waals surface area contributed by atoms with E-state index in [0.717, 1.165) is 30.2 Å². The fraction of sp³-hybridized carbons (Fsp3) is 0.296. The van der Waals surface area contributed by atoms with Gasteiger partial charge in [0, 0.05) is 47.8 Å². The van der Waals surface area contributed by atoms with Crippen LogP contribution in [0.5, 0.6) is 0 Å². The first-order valence-electron chi connectivity index (χ1n) is 11.8. The van der Waals surface area contributed by atoms with Gasteiger partial charge in [0.1, 0.15) is 11.7 Å². The molecule has 1 aliphatic rings. The molecule has 3 N–H and O–H groups in total. The van der Waals surface area contributed by atoms with E-state index < -0.39 is 0 Å². The number of hydrogen-bond donors (Lipinski definition) is 2. The molecule has 9 heteroatoms. The fourth-order valence-corrected chi connectivity index (χ4v) is 3.60. The first-order chi connectivity index (χ1) is 17.2. The van der Waals surface area contributed by atoms with Crippen molar-refractivity contribution in [2.75, 3.05) is 41.5 Å². The molecule has 0 radical (unpaired) electrons. The summed E-state index contributed by atoms with van der Waals surface area (Å²) in [4.78, 5) is 11.1. The Bertz CT molecular complexity index is 1230. The van der Waals surface area contributed by atoms with Crippen molar-refractivity contribution in [3.63, 3.8) is 0 Å². The van der Waals surface area contributed by atoms with Crippen LogP contribution < -0.4 is 21.0 Å². The van der Waals surface area contributed by atoms with E-state index in [4.69, 9.17) is 10.5 Å². The number of anilines is 4. The number of ether oxygens (including phenoxy) is 1. The molecule has 0 saturated carbocycles. The van der Waals surface area contributed by atoms with Gasteiger partial charge in [0.05, 0.1) is 24.6 Å². The summed E-state index contributed by atoms with van der Waals surface area (Å²) in [5.41, 5.74) is 9.60. The standard InChI is InChI=1S/C27H32FN7O/c1-5-35(33-25(29)27(2,3)4)22-8-6-21(7-9-22)31-26-30-11-10-24(32-26)19-16-20(28)18-23(17-19)34-12-14-36-15-13-34/h5-11,16-18H,1,12-15H2,2-4H3,(H2,29,33)(H,30,31,32). The summed E-state index contributed by atoms with van der Waals surface area (Å²) in [5, 5.41) is 9.31. The smallest absolute Gasteiger partial charge is 0.227 e. The van der Waals surface area contributed by atoms with Gasteiger partial charge in [-0.15, -0.1) is 0 Å². The highest BCUT2D eigenvalue weighted by Gasteiger charge is 2.17. The minimum absolute atomic E-state index is 0.254. The third kappa shape index (κ3) is 6.17. The molecule has 1 saturated heterocycles. The molecule has 0 atom stereocenters. The van der Waals surface area contributed by atoms with Crippen LogP contribution in [0.3, 0.4) is 0 Å². The lowest BCUT2D eigenvalue weighted by Crippen LogP contribution is -2.36. The zero-order valence-electron chi connectivity index (χ0n) is 20.9. The van der Waals surface area contributed by atoms with Gasteiger partial charge < -0.3 is 20.7 Å². The van der Waals surface area contributed by atoms with E-state index in [9.17, 15) is 4.39 Å². The van der Waals surface area contributed by atoms with Crippen LogP contribution in [0.25, 0.3) is 11.3 Å². The lowest BCUT2D eigenvalue weighted by Gasteiger charge is -2.29. The number of nitrogens with two attached hydrogens (primary N) is 1. The number of morpholine rings is 1. The highest BCUT2D eigenvalue weighted by molar-refractivity contribution is 5.86. The van der Waals surface area contributed by atoms with Gasteiger partial charge in [-0.2, -0.15) is 5.10 Å². The topological polar surface area (TPSA) is 91.9 Å². The maximum absolute atomic E-state index is 14.4. The van der Waals surface area contributed by atoms with E-state index in [0.29, 0.717) is 36.3 Å². The summed E-state index contributed by atoms with van der Waals surface area (Å²) in [7, 11) is 0. The second-order valence-electron chi connectivity index (χ2n) is 9.50. The van der Waals surface area contributed by atoms with Gasteiger partial charge in [0.25, 0.3) is 0 Å². The SMILES string of the molecule is C=CN(/N=C(\N)C(C)(C)C)c1ccc(Nc2nccc(-c3cc(F)cc(N4CCOCC4)c3)n2)cc1. The molecular weight excluding hydrogens is 457 g/mol. The molecule has 0 bridgehead atoms. The Morgan fingerprint density at radius 2 is 1.89 bits per heavy atom. The zero-order valence-corrected chi connectivity index (χ0v) is 20.9. The second kappa shape index (κ2) is 10.7. The molecule has 1 aliphatic heterocycles. The summed E-state index contributed by atoms with van der Waals surface area (Å²) < 4.78 is 19.9. The molecule has 4 rings (SSSR count). The van der Waals surface area contributed by atoms with Crippen LogP contribution in [-0.4, -0.2) is 42.1 Å². The van der Waals surface area contributed by atoms with Crippen LogP contribution in [0.1, 0.15) is 20.8 Å². The number of rotatable bonds is 7. The number of hydrogen-bond acceptors (Lipinski definition) is 7. The van der Waals surface area contributed by atoms with Crippen molar-refractivity contribution in [3.05, 3.63) is 73.3 Å². The fourth-order valence-electron chi connectivity index (χ4n) is 3.60. The molecular formula is C27H32FN7O. The first kappa shape index (κ1) is 25.1. The van der Waals surface area contributed by atoms with Crippen molar-refractivity contribution in [2.24, 2.45) is 16.3 Å². The molecule has 3 aromatic rings. The molecule has 0 aliphatic carbocycles. The molecule has 1 aromatic heterocycles. The van der Waals surface area contributed by atoms with E-state index >= 15 is 0 Å². The van der Waals surface area contributed by atoms with Crippen molar-refractivity contribution in [1.82, 2.24) is 9.97 Å². The van der Waals surface area contributed by atoms with Gasteiger partial charge in [0.15, 0.2) is 0 Å². The average molecular weight is 490 g/mol. The third-order valence-electron chi connectivity index (χ3n) is 5.75. The molecule has 188 valence electrons. The van der Waals surface area contributed by atoms with Crippen molar-refractivity contribution in [1.29, 1.82) is 0 Å². The molecule has 0 amide bonds. The largest absolute Gasteiger partial charge is 0.385 e. The number of amidine groups is 1. The predicted molar refractivity (Wildman–Crippen MR) is 144 cm³/mol. The van der Waals surface area contributed by atoms with Crippen molar-refractivity contribution in [3.8, 4) is 11.3 Å². The Morgan fingerprint density at radius 1 is 1.17 bits per heavy atom. The summed E-state index contributed by atoms with van der Waals surface area (Å²) in [6.07, 6.45) is 3.26. The Hall–Kier alpha value is -3.98. The van der Waals surface area contributed by atoms with E-state index in [1.807, 2.05) is 51.1 Å². The molecule has 2 aromatic carbocycles. The van der Waals surface area contributed by atoms with E-state index in [-0.39, 0.29) is 11.2 Å². The van der Waals surface area contributed by atoms with Crippen LogP contribution >= 0.6 is 0 Å². The molecule has 36 heavy (non-hydrogen) atoms. The summed E-state index contributed by atoms with van der Waals surface area (Å²) in [6.45, 7) is 12.6. The monoisotopic (exact) mass is 489 g/mol. The van der Waals surface area contributed by atoms with Gasteiger partial charge >= 0.3 is 0 Å². The second-order valence-corrected chi connectivity index (χ2v) is 9.50. The van der Waals surface area contributed by atoms with E-state index in [1.54, 1.807) is 29.5 Å². The quantitative estimate of drug-likeness (QED) is 0.270. The minimum Gasteiger partial charge on any atom is -0.385 e. The Balaban J connectivity index is 1.52. The Kier molecular flexibility index (Phi) is 7.49. The van der Waals surface area contributed by atoms with Gasteiger partial charge in [0.2, 0.25) is 5.95 Å². The molecule has 8 nitrogen and oxygen atoms in total. The Labute approximate surface area is 211 Å². The van der Waals surface area contributed by atoms with Crippen LogP contribution in [-0.2, 0) is 4.74 Å². The normalized spacial score (nSPS) is 14.4.